The van der Waals surface area contributed by atoms with Crippen LogP contribution in [0.1, 0.15) is 20.8 Å². The molecule has 0 bridgehead atoms. The SMILES string of the molecule is CC(C)(C)SCCNc1ncnc2ccccc12. The van der Waals surface area contributed by atoms with Crippen LogP contribution in [0.25, 0.3) is 10.9 Å². The van der Waals surface area contributed by atoms with Gasteiger partial charge < -0.3 is 5.32 Å². The molecular weight excluding hydrogens is 242 g/mol. The Kier molecular flexibility index (Phi) is 4.07. The third-order valence-electron chi connectivity index (χ3n) is 2.47. The smallest absolute Gasteiger partial charge is 0.137 e. The first-order valence-corrected chi connectivity index (χ1v) is 7.12. The number of nitrogens with zero attached hydrogens (tertiary/aromatic N) is 2. The van der Waals surface area contributed by atoms with E-state index in [9.17, 15) is 0 Å². The third-order valence-corrected chi connectivity index (χ3v) is 3.75. The lowest BCUT2D eigenvalue weighted by atomic mass is 10.2. The predicted molar refractivity (Wildman–Crippen MR) is 80.2 cm³/mol. The zero-order valence-corrected chi connectivity index (χ0v) is 11.9. The van der Waals surface area contributed by atoms with E-state index in [1.807, 2.05) is 30.0 Å². The van der Waals surface area contributed by atoms with Crippen LogP contribution in [0.4, 0.5) is 5.82 Å². The summed E-state index contributed by atoms with van der Waals surface area (Å²) in [6.07, 6.45) is 1.61. The second-order valence-electron chi connectivity index (χ2n) is 5.13. The maximum absolute atomic E-state index is 4.31. The maximum Gasteiger partial charge on any atom is 0.137 e. The Bertz CT molecular complexity index is 514. The molecule has 2 aromatic rings. The zero-order valence-electron chi connectivity index (χ0n) is 11.1. The van der Waals surface area contributed by atoms with Crippen molar-refractivity contribution < 1.29 is 0 Å². The molecule has 0 saturated carbocycles. The van der Waals surface area contributed by atoms with E-state index in [0.29, 0.717) is 4.75 Å². The van der Waals surface area contributed by atoms with Crippen LogP contribution in [0.2, 0.25) is 0 Å². The number of anilines is 1. The van der Waals surface area contributed by atoms with Crippen molar-refractivity contribution in [2.45, 2.75) is 25.5 Å². The van der Waals surface area contributed by atoms with E-state index in [-0.39, 0.29) is 0 Å². The number of hydrogen-bond donors (Lipinski definition) is 1. The molecule has 1 aromatic heterocycles. The molecule has 0 spiro atoms. The van der Waals surface area contributed by atoms with Gasteiger partial charge in [-0.25, -0.2) is 9.97 Å². The average molecular weight is 261 g/mol. The van der Waals surface area contributed by atoms with Gasteiger partial charge in [0.25, 0.3) is 0 Å². The summed E-state index contributed by atoms with van der Waals surface area (Å²) in [6, 6.07) is 8.07. The summed E-state index contributed by atoms with van der Waals surface area (Å²) < 4.78 is 0.315. The number of aromatic nitrogens is 2. The van der Waals surface area contributed by atoms with Gasteiger partial charge in [-0.2, -0.15) is 11.8 Å². The Morgan fingerprint density at radius 3 is 2.72 bits per heavy atom. The van der Waals surface area contributed by atoms with Crippen LogP contribution in [0.5, 0.6) is 0 Å². The Hall–Kier alpha value is -1.29. The standard InChI is InChI=1S/C14H19N3S/c1-14(2,3)18-9-8-15-13-11-6-4-5-7-12(11)16-10-17-13/h4-7,10H,8-9H2,1-3H3,(H,15,16,17). The highest BCUT2D eigenvalue weighted by atomic mass is 32.2. The van der Waals surface area contributed by atoms with E-state index in [0.717, 1.165) is 29.0 Å². The molecule has 96 valence electrons. The van der Waals surface area contributed by atoms with Gasteiger partial charge in [0.15, 0.2) is 0 Å². The highest BCUT2D eigenvalue weighted by Gasteiger charge is 2.09. The Morgan fingerprint density at radius 1 is 1.17 bits per heavy atom. The molecule has 0 atom stereocenters. The molecule has 0 fully saturated rings. The predicted octanol–water partition coefficient (Wildman–Crippen LogP) is 3.57. The van der Waals surface area contributed by atoms with Gasteiger partial charge >= 0.3 is 0 Å². The third kappa shape index (κ3) is 3.60. The number of rotatable bonds is 4. The van der Waals surface area contributed by atoms with Gasteiger partial charge in [-0.05, 0) is 12.1 Å². The molecule has 0 aliphatic rings. The van der Waals surface area contributed by atoms with Gasteiger partial charge in [-0.15, -0.1) is 0 Å². The van der Waals surface area contributed by atoms with E-state index in [2.05, 4.69) is 42.1 Å². The summed E-state index contributed by atoms with van der Waals surface area (Å²) >= 11 is 1.95. The summed E-state index contributed by atoms with van der Waals surface area (Å²) in [6.45, 7) is 7.62. The van der Waals surface area contributed by atoms with Crippen LogP contribution in [0.15, 0.2) is 30.6 Å². The van der Waals surface area contributed by atoms with Crippen molar-refractivity contribution in [3.63, 3.8) is 0 Å². The van der Waals surface area contributed by atoms with E-state index >= 15 is 0 Å². The quantitative estimate of drug-likeness (QED) is 0.854. The van der Waals surface area contributed by atoms with Gasteiger partial charge in [0.05, 0.1) is 5.52 Å². The van der Waals surface area contributed by atoms with Crippen molar-refractivity contribution in [1.82, 2.24) is 9.97 Å². The average Bonchev–Trinajstić information content (AvgIpc) is 2.33. The summed E-state index contributed by atoms with van der Waals surface area (Å²) in [5.41, 5.74) is 0.985. The fourth-order valence-corrected chi connectivity index (χ4v) is 2.49. The van der Waals surface area contributed by atoms with Crippen molar-refractivity contribution in [2.24, 2.45) is 0 Å². The molecule has 1 N–H and O–H groups in total. The molecule has 0 amide bonds. The summed E-state index contributed by atoms with van der Waals surface area (Å²) in [5, 5.41) is 4.47. The Labute approximate surface area is 112 Å². The monoisotopic (exact) mass is 261 g/mol. The lowest BCUT2D eigenvalue weighted by Gasteiger charge is -2.17. The first-order valence-electron chi connectivity index (χ1n) is 6.14. The van der Waals surface area contributed by atoms with Crippen LogP contribution in [-0.4, -0.2) is 27.0 Å². The second kappa shape index (κ2) is 5.57. The van der Waals surface area contributed by atoms with Crippen molar-refractivity contribution in [3.05, 3.63) is 30.6 Å². The van der Waals surface area contributed by atoms with Crippen molar-refractivity contribution in [1.29, 1.82) is 0 Å². The number of benzene rings is 1. The number of para-hydroxylation sites is 1. The van der Waals surface area contributed by atoms with Crippen molar-refractivity contribution >= 4 is 28.5 Å². The van der Waals surface area contributed by atoms with Crippen molar-refractivity contribution in [3.8, 4) is 0 Å². The lowest BCUT2D eigenvalue weighted by Crippen LogP contribution is -2.13. The number of hydrogen-bond acceptors (Lipinski definition) is 4. The number of thioether (sulfide) groups is 1. The Morgan fingerprint density at radius 2 is 1.94 bits per heavy atom. The molecule has 18 heavy (non-hydrogen) atoms. The van der Waals surface area contributed by atoms with Crippen molar-refractivity contribution in [2.75, 3.05) is 17.6 Å². The lowest BCUT2D eigenvalue weighted by molar-refractivity contribution is 0.802. The summed E-state index contributed by atoms with van der Waals surface area (Å²) in [5.74, 6) is 2.00. The minimum atomic E-state index is 0.315. The first-order chi connectivity index (χ1) is 8.56. The molecule has 0 saturated heterocycles. The van der Waals surface area contributed by atoms with E-state index in [1.54, 1.807) is 6.33 Å². The second-order valence-corrected chi connectivity index (χ2v) is 7.05. The highest BCUT2D eigenvalue weighted by molar-refractivity contribution is 8.00. The number of fused-ring (bicyclic) bond motifs is 1. The molecule has 4 heteroatoms. The van der Waals surface area contributed by atoms with Gasteiger partial charge in [-0.1, -0.05) is 32.9 Å². The molecule has 0 aliphatic carbocycles. The minimum absolute atomic E-state index is 0.315. The van der Waals surface area contributed by atoms with Gasteiger partial charge in [0, 0.05) is 22.4 Å². The maximum atomic E-state index is 4.31. The largest absolute Gasteiger partial charge is 0.369 e. The van der Waals surface area contributed by atoms with E-state index < -0.39 is 0 Å². The molecular formula is C14H19N3S. The van der Waals surface area contributed by atoms with Crippen LogP contribution in [0, 0.1) is 0 Å². The van der Waals surface area contributed by atoms with Crippen LogP contribution < -0.4 is 5.32 Å². The molecule has 0 radical (unpaired) electrons. The topological polar surface area (TPSA) is 37.8 Å². The normalized spacial score (nSPS) is 11.7. The fourth-order valence-electron chi connectivity index (χ4n) is 1.67. The van der Waals surface area contributed by atoms with E-state index in [4.69, 9.17) is 0 Å². The molecule has 0 unspecified atom stereocenters. The zero-order chi connectivity index (χ0) is 13.0. The number of nitrogens with one attached hydrogen (secondary N) is 1. The first kappa shape index (κ1) is 13.1. The van der Waals surface area contributed by atoms with Crippen LogP contribution in [-0.2, 0) is 0 Å². The van der Waals surface area contributed by atoms with Gasteiger partial charge in [0.2, 0.25) is 0 Å². The van der Waals surface area contributed by atoms with Crippen LogP contribution >= 0.6 is 11.8 Å². The van der Waals surface area contributed by atoms with Crippen LogP contribution in [0.3, 0.4) is 0 Å². The van der Waals surface area contributed by atoms with Gasteiger partial charge in [-0.3, -0.25) is 0 Å². The molecule has 1 aromatic carbocycles. The summed E-state index contributed by atoms with van der Waals surface area (Å²) in [4.78, 5) is 8.56. The highest BCUT2D eigenvalue weighted by Crippen LogP contribution is 2.23. The Balaban J connectivity index is 2.00. The molecule has 2 rings (SSSR count). The van der Waals surface area contributed by atoms with Gasteiger partial charge in [0.1, 0.15) is 12.1 Å². The summed E-state index contributed by atoms with van der Waals surface area (Å²) in [7, 11) is 0. The molecule has 0 aliphatic heterocycles. The fraction of sp³-hybridized carbons (Fsp3) is 0.429. The minimum Gasteiger partial charge on any atom is -0.369 e. The molecule has 1 heterocycles. The van der Waals surface area contributed by atoms with E-state index in [1.165, 1.54) is 0 Å². The molecule has 3 nitrogen and oxygen atoms in total.